The second-order valence-electron chi connectivity index (χ2n) is 7.41. The summed E-state index contributed by atoms with van der Waals surface area (Å²) in [5.41, 5.74) is 3.19. The number of carbonyl (C=O) groups is 2. The van der Waals surface area contributed by atoms with Crippen molar-refractivity contribution in [1.29, 1.82) is 0 Å². The molecule has 7 nitrogen and oxygen atoms in total. The van der Waals surface area contributed by atoms with Crippen LogP contribution < -0.4 is 10.2 Å². The highest BCUT2D eigenvalue weighted by atomic mass is 16.4. The number of aliphatic hydroxyl groups excluding tert-OH is 1. The Balaban J connectivity index is 2.33. The molecule has 1 atom stereocenters. The fourth-order valence-electron chi connectivity index (χ4n) is 3.20. The minimum absolute atomic E-state index is 0.0839. The summed E-state index contributed by atoms with van der Waals surface area (Å²) in [5, 5.41) is 21.4. The number of pyridine rings is 1. The van der Waals surface area contributed by atoms with E-state index in [2.05, 4.69) is 10.3 Å². The number of amides is 1. The minimum atomic E-state index is -1.00. The zero-order valence-electron chi connectivity index (χ0n) is 17.6. The lowest BCUT2D eigenvalue weighted by Crippen LogP contribution is -2.31. The number of carboxylic acid groups (broad SMARTS) is 1. The highest BCUT2D eigenvalue weighted by Gasteiger charge is 2.18. The molecule has 3 N–H and O–H groups in total. The van der Waals surface area contributed by atoms with Crippen LogP contribution in [0.2, 0.25) is 0 Å². The van der Waals surface area contributed by atoms with E-state index in [1.807, 2.05) is 37.8 Å². The lowest BCUT2D eigenvalue weighted by molar-refractivity contribution is 0.0696. The number of nitrogens with one attached hydrogen (secondary N) is 1. The molecule has 7 heteroatoms. The van der Waals surface area contributed by atoms with Crippen molar-refractivity contribution in [3.8, 4) is 0 Å². The molecule has 0 radical (unpaired) electrons. The molecule has 1 heterocycles. The van der Waals surface area contributed by atoms with Gasteiger partial charge in [0.05, 0.1) is 5.56 Å². The second kappa shape index (κ2) is 9.52. The van der Waals surface area contributed by atoms with Crippen LogP contribution in [0.5, 0.6) is 0 Å². The number of benzene rings is 1. The third kappa shape index (κ3) is 5.32. The Kier molecular flexibility index (Phi) is 7.34. The van der Waals surface area contributed by atoms with E-state index in [0.29, 0.717) is 41.4 Å². The Bertz CT molecular complexity index is 888. The lowest BCUT2D eigenvalue weighted by Gasteiger charge is -2.25. The van der Waals surface area contributed by atoms with E-state index in [1.165, 1.54) is 12.1 Å². The van der Waals surface area contributed by atoms with Crippen LogP contribution in [-0.2, 0) is 0 Å². The van der Waals surface area contributed by atoms with Crippen LogP contribution in [0.4, 0.5) is 11.5 Å². The van der Waals surface area contributed by atoms with Crippen molar-refractivity contribution in [2.45, 2.75) is 34.6 Å². The molecule has 2 rings (SSSR count). The zero-order valence-corrected chi connectivity index (χ0v) is 17.6. The van der Waals surface area contributed by atoms with E-state index in [9.17, 15) is 19.8 Å². The monoisotopic (exact) mass is 399 g/mol. The number of aliphatic hydroxyl groups is 1. The standard InChI is InChI=1S/C22H29N3O4/c1-6-25(11-13(2)12-26)18-8-7-14(3)20(23-18)21(27)24-19-15(4)9-17(22(28)29)10-16(19)5/h7-10,13,26H,6,11-12H2,1-5H3,(H,24,27)(H,28,29). The molecule has 0 spiro atoms. The molecule has 0 aliphatic carbocycles. The largest absolute Gasteiger partial charge is 0.478 e. The van der Waals surface area contributed by atoms with Crippen molar-refractivity contribution in [3.63, 3.8) is 0 Å². The van der Waals surface area contributed by atoms with E-state index < -0.39 is 5.97 Å². The maximum atomic E-state index is 13.0. The Morgan fingerprint density at radius 3 is 2.28 bits per heavy atom. The first-order valence-electron chi connectivity index (χ1n) is 9.67. The molecular weight excluding hydrogens is 370 g/mol. The molecule has 1 aromatic carbocycles. The number of anilines is 2. The van der Waals surface area contributed by atoms with Crippen LogP contribution in [0.25, 0.3) is 0 Å². The fraction of sp³-hybridized carbons (Fsp3) is 0.409. The molecule has 2 aromatic rings. The summed E-state index contributed by atoms with van der Waals surface area (Å²) in [4.78, 5) is 30.8. The number of aromatic carboxylic acids is 1. The summed E-state index contributed by atoms with van der Waals surface area (Å²) in [6.07, 6.45) is 0. The number of nitrogens with zero attached hydrogens (tertiary/aromatic N) is 2. The van der Waals surface area contributed by atoms with E-state index in [-0.39, 0.29) is 24.0 Å². The predicted octanol–water partition coefficient (Wildman–Crippen LogP) is 3.41. The van der Waals surface area contributed by atoms with Gasteiger partial charge in [-0.1, -0.05) is 13.0 Å². The molecule has 0 saturated carbocycles. The van der Waals surface area contributed by atoms with Crippen LogP contribution in [0.1, 0.15) is 51.4 Å². The Labute approximate surface area is 171 Å². The van der Waals surface area contributed by atoms with Crippen LogP contribution in [0.3, 0.4) is 0 Å². The first kappa shape index (κ1) is 22.4. The highest BCUT2D eigenvalue weighted by molar-refractivity contribution is 6.05. The molecule has 29 heavy (non-hydrogen) atoms. The van der Waals surface area contributed by atoms with Crippen molar-refractivity contribution < 1.29 is 19.8 Å². The van der Waals surface area contributed by atoms with Gasteiger partial charge < -0.3 is 20.4 Å². The maximum absolute atomic E-state index is 13.0. The number of carboxylic acids is 1. The SMILES string of the molecule is CCN(CC(C)CO)c1ccc(C)c(C(=O)Nc2c(C)cc(C(=O)O)cc2C)n1. The molecule has 1 aromatic heterocycles. The molecule has 156 valence electrons. The molecule has 0 aliphatic heterocycles. The molecule has 0 bridgehead atoms. The molecular formula is C22H29N3O4. The number of aryl methyl sites for hydroxylation is 3. The third-order valence-corrected chi connectivity index (χ3v) is 4.86. The molecule has 0 saturated heterocycles. The molecule has 1 unspecified atom stereocenters. The van der Waals surface area contributed by atoms with Gasteiger partial charge in [-0.3, -0.25) is 4.79 Å². The van der Waals surface area contributed by atoms with Gasteiger partial charge in [-0.05, 0) is 68.5 Å². The molecule has 0 fully saturated rings. The van der Waals surface area contributed by atoms with Gasteiger partial charge >= 0.3 is 5.97 Å². The average molecular weight is 399 g/mol. The quantitative estimate of drug-likeness (QED) is 0.629. The van der Waals surface area contributed by atoms with Crippen molar-refractivity contribution in [3.05, 3.63) is 52.2 Å². The van der Waals surface area contributed by atoms with E-state index in [1.54, 1.807) is 13.8 Å². The minimum Gasteiger partial charge on any atom is -0.478 e. The normalized spacial score (nSPS) is 11.8. The number of carbonyl (C=O) groups excluding carboxylic acids is 1. The number of rotatable bonds is 8. The Hall–Kier alpha value is -2.93. The van der Waals surface area contributed by atoms with E-state index >= 15 is 0 Å². The topological polar surface area (TPSA) is 103 Å². The lowest BCUT2D eigenvalue weighted by atomic mass is 10.0. The predicted molar refractivity (Wildman–Crippen MR) is 114 cm³/mol. The van der Waals surface area contributed by atoms with Gasteiger partial charge in [0.2, 0.25) is 0 Å². The van der Waals surface area contributed by atoms with Crippen LogP contribution >= 0.6 is 0 Å². The number of hydrogen-bond donors (Lipinski definition) is 3. The van der Waals surface area contributed by atoms with Crippen molar-refractivity contribution in [2.24, 2.45) is 5.92 Å². The van der Waals surface area contributed by atoms with Crippen LogP contribution in [0, 0.1) is 26.7 Å². The smallest absolute Gasteiger partial charge is 0.335 e. The highest BCUT2D eigenvalue weighted by Crippen LogP contribution is 2.24. The Morgan fingerprint density at radius 1 is 1.14 bits per heavy atom. The molecule has 1 amide bonds. The number of hydrogen-bond acceptors (Lipinski definition) is 5. The molecule has 0 aliphatic rings. The van der Waals surface area contributed by atoms with E-state index in [0.717, 1.165) is 5.56 Å². The van der Waals surface area contributed by atoms with Crippen LogP contribution in [0.15, 0.2) is 24.3 Å². The second-order valence-corrected chi connectivity index (χ2v) is 7.41. The summed E-state index contributed by atoms with van der Waals surface area (Å²) in [7, 11) is 0. The summed E-state index contributed by atoms with van der Waals surface area (Å²) in [6, 6.07) is 6.81. The van der Waals surface area contributed by atoms with Crippen LogP contribution in [-0.4, -0.2) is 46.8 Å². The van der Waals surface area contributed by atoms with Gasteiger partial charge in [0.1, 0.15) is 11.5 Å². The Morgan fingerprint density at radius 2 is 1.76 bits per heavy atom. The van der Waals surface area contributed by atoms with Gasteiger partial charge in [0.15, 0.2) is 0 Å². The van der Waals surface area contributed by atoms with Crippen molar-refractivity contribution >= 4 is 23.4 Å². The zero-order chi connectivity index (χ0) is 21.7. The summed E-state index contributed by atoms with van der Waals surface area (Å²) >= 11 is 0. The van der Waals surface area contributed by atoms with Crippen molar-refractivity contribution in [1.82, 2.24) is 4.98 Å². The van der Waals surface area contributed by atoms with Gasteiger partial charge in [-0.25, -0.2) is 9.78 Å². The van der Waals surface area contributed by atoms with Gasteiger partial charge in [-0.2, -0.15) is 0 Å². The van der Waals surface area contributed by atoms with Crippen molar-refractivity contribution in [2.75, 3.05) is 29.9 Å². The van der Waals surface area contributed by atoms with Gasteiger partial charge in [-0.15, -0.1) is 0 Å². The number of aromatic nitrogens is 1. The summed E-state index contributed by atoms with van der Waals surface area (Å²) < 4.78 is 0. The first-order valence-corrected chi connectivity index (χ1v) is 9.67. The fourth-order valence-corrected chi connectivity index (χ4v) is 3.20. The van der Waals surface area contributed by atoms with Gasteiger partial charge in [0.25, 0.3) is 5.91 Å². The maximum Gasteiger partial charge on any atom is 0.335 e. The first-order chi connectivity index (χ1) is 13.7. The average Bonchev–Trinajstić information content (AvgIpc) is 2.68. The van der Waals surface area contributed by atoms with E-state index in [4.69, 9.17) is 0 Å². The summed E-state index contributed by atoms with van der Waals surface area (Å²) in [5.74, 6) is -0.576. The van der Waals surface area contributed by atoms with Gasteiger partial charge in [0, 0.05) is 25.4 Å². The third-order valence-electron chi connectivity index (χ3n) is 4.86. The summed E-state index contributed by atoms with van der Waals surface area (Å²) in [6.45, 7) is 10.7.